The fraction of sp³-hybridized carbons (Fsp3) is 0.500. The van der Waals surface area contributed by atoms with Crippen molar-refractivity contribution in [1.29, 1.82) is 0 Å². The lowest BCUT2D eigenvalue weighted by Gasteiger charge is -2.29. The summed E-state index contributed by atoms with van der Waals surface area (Å²) in [6, 6.07) is -0.826. The lowest BCUT2D eigenvalue weighted by molar-refractivity contribution is -0.151. The van der Waals surface area contributed by atoms with Crippen LogP contribution in [-0.2, 0) is 23.9 Å². The number of cyclic esters (lactones) is 1. The van der Waals surface area contributed by atoms with Crippen LogP contribution in [0.25, 0.3) is 0 Å². The molecule has 1 heterocycles. The van der Waals surface area contributed by atoms with Gasteiger partial charge in [-0.05, 0) is 56.4 Å². The van der Waals surface area contributed by atoms with E-state index in [0.717, 1.165) is 5.57 Å². The molecule has 0 aromatic rings. The number of methoxy groups -OCH3 is 1. The van der Waals surface area contributed by atoms with Crippen LogP contribution in [0, 0.1) is 23.2 Å². The number of hydrogen-bond acceptors (Lipinski definition) is 6. The highest BCUT2D eigenvalue weighted by Gasteiger charge is 2.32. The number of carbonyl (C=O) groups is 3. The first kappa shape index (κ1) is 33.7. The van der Waals surface area contributed by atoms with E-state index in [0.29, 0.717) is 24.3 Å². The van der Waals surface area contributed by atoms with Crippen LogP contribution in [0.4, 0.5) is 0 Å². The molecule has 39 heavy (non-hydrogen) atoms. The zero-order chi connectivity index (χ0) is 29.6. The highest BCUT2D eigenvalue weighted by Crippen LogP contribution is 2.23. The molecule has 0 bridgehead atoms. The number of carbonyl (C=O) groups excluding carboxylic acids is 3. The number of halogens is 1. The van der Waals surface area contributed by atoms with Gasteiger partial charge in [0.1, 0.15) is 12.1 Å². The molecule has 0 aromatic heterocycles. The molecule has 0 fully saturated rings. The number of aliphatic hydroxyl groups is 1. The summed E-state index contributed by atoms with van der Waals surface area (Å²) >= 11 is 5.76. The standard InChI is InChI=1S/C30H41ClN2O6/c1-20(19-21(2)24-16-17-25(38-7)29(37)39-24)11-8-9-13-26(35)33-27(30(4,5)6)28(36)32-18-10-12-23(34)15-14-22(3)31/h8,10-11,14,17-19,21,23-24,27,34H,12,15-16H2,1-7H3,(H,32,36)(H,33,35)/t21-,23+,24-,27+/m0/s1. The maximum absolute atomic E-state index is 12.7. The van der Waals surface area contributed by atoms with Crippen molar-refractivity contribution in [1.82, 2.24) is 10.6 Å². The summed E-state index contributed by atoms with van der Waals surface area (Å²) in [5, 5.41) is 15.8. The van der Waals surface area contributed by atoms with Gasteiger partial charge in [0.15, 0.2) is 5.76 Å². The minimum atomic E-state index is -0.826. The van der Waals surface area contributed by atoms with Crippen molar-refractivity contribution in [3.8, 4) is 11.8 Å². The van der Waals surface area contributed by atoms with Crippen LogP contribution in [0.2, 0.25) is 0 Å². The predicted octanol–water partition coefficient (Wildman–Crippen LogP) is 4.42. The molecule has 0 saturated carbocycles. The molecule has 1 aliphatic heterocycles. The van der Waals surface area contributed by atoms with Crippen LogP contribution in [0.1, 0.15) is 60.8 Å². The van der Waals surface area contributed by atoms with E-state index >= 15 is 0 Å². The summed E-state index contributed by atoms with van der Waals surface area (Å²) in [7, 11) is 1.43. The number of rotatable bonds is 11. The number of nitrogens with one attached hydrogen (secondary N) is 2. The molecular weight excluding hydrogens is 520 g/mol. The summed E-state index contributed by atoms with van der Waals surface area (Å²) in [5.74, 6) is 3.92. The molecule has 1 rings (SSSR count). The monoisotopic (exact) mass is 560 g/mol. The smallest absolute Gasteiger partial charge is 0.373 e. The molecule has 0 aliphatic carbocycles. The molecule has 214 valence electrons. The first-order chi connectivity index (χ1) is 18.2. The Morgan fingerprint density at radius 2 is 2.00 bits per heavy atom. The predicted molar refractivity (Wildman–Crippen MR) is 153 cm³/mol. The molecule has 2 amide bonds. The van der Waals surface area contributed by atoms with E-state index in [1.54, 1.807) is 37.3 Å². The summed E-state index contributed by atoms with van der Waals surface area (Å²) in [6.07, 6.45) is 12.3. The second-order valence-corrected chi connectivity index (χ2v) is 11.0. The van der Waals surface area contributed by atoms with Gasteiger partial charge in [0.2, 0.25) is 5.91 Å². The van der Waals surface area contributed by atoms with Crippen molar-refractivity contribution >= 4 is 29.4 Å². The van der Waals surface area contributed by atoms with E-state index in [4.69, 9.17) is 21.1 Å². The zero-order valence-electron chi connectivity index (χ0n) is 23.8. The van der Waals surface area contributed by atoms with Crippen molar-refractivity contribution in [2.75, 3.05) is 7.11 Å². The van der Waals surface area contributed by atoms with Crippen LogP contribution in [-0.4, -0.2) is 48.2 Å². The molecule has 0 unspecified atom stereocenters. The van der Waals surface area contributed by atoms with Crippen LogP contribution in [0.15, 0.2) is 59.0 Å². The van der Waals surface area contributed by atoms with Crippen molar-refractivity contribution in [3.63, 3.8) is 0 Å². The minimum absolute atomic E-state index is 0.0282. The number of hydrogen-bond donors (Lipinski definition) is 3. The Bertz CT molecular complexity index is 1080. The van der Waals surface area contributed by atoms with E-state index in [1.807, 2.05) is 40.7 Å². The lowest BCUT2D eigenvalue weighted by Crippen LogP contribution is -2.52. The number of amides is 2. The Morgan fingerprint density at radius 3 is 2.59 bits per heavy atom. The molecule has 3 N–H and O–H groups in total. The number of ether oxygens (including phenoxy) is 2. The molecule has 0 saturated heterocycles. The first-order valence-electron chi connectivity index (χ1n) is 12.8. The molecule has 0 aromatic carbocycles. The number of aliphatic hydroxyl groups excluding tert-OH is 1. The topological polar surface area (TPSA) is 114 Å². The fourth-order valence-corrected chi connectivity index (χ4v) is 3.67. The fourth-order valence-electron chi connectivity index (χ4n) is 3.58. The average molecular weight is 561 g/mol. The van der Waals surface area contributed by atoms with Crippen LogP contribution < -0.4 is 10.6 Å². The Hall–Kier alpha value is -3.28. The van der Waals surface area contributed by atoms with Gasteiger partial charge >= 0.3 is 5.97 Å². The van der Waals surface area contributed by atoms with Gasteiger partial charge in [-0.15, -0.1) is 0 Å². The first-order valence-corrected chi connectivity index (χ1v) is 13.2. The van der Waals surface area contributed by atoms with Gasteiger partial charge in [-0.25, -0.2) is 4.79 Å². The quantitative estimate of drug-likeness (QED) is 0.196. The van der Waals surface area contributed by atoms with Crippen LogP contribution in [0.3, 0.4) is 0 Å². The largest absolute Gasteiger partial charge is 0.490 e. The highest BCUT2D eigenvalue weighted by molar-refractivity contribution is 6.29. The highest BCUT2D eigenvalue weighted by atomic mass is 35.5. The number of allylic oxidation sites excluding steroid dienone is 4. The Labute approximate surface area is 237 Å². The average Bonchev–Trinajstić information content (AvgIpc) is 2.85. The summed E-state index contributed by atoms with van der Waals surface area (Å²) in [5.41, 5.74) is 0.331. The second-order valence-electron chi connectivity index (χ2n) is 10.4. The molecule has 0 spiro atoms. The molecular formula is C30H41ClN2O6. The van der Waals surface area contributed by atoms with Gasteiger partial charge < -0.3 is 25.2 Å². The molecule has 9 heteroatoms. The van der Waals surface area contributed by atoms with E-state index in [9.17, 15) is 19.5 Å². The molecule has 8 nitrogen and oxygen atoms in total. The van der Waals surface area contributed by atoms with Gasteiger partial charge in [-0.1, -0.05) is 75.1 Å². The maximum atomic E-state index is 12.7. The molecule has 4 atom stereocenters. The SMILES string of the molecule is COC1=CC[C@@H]([C@@H](C)C=C(C)C=CC#CC(=O)N[C@H](C(=O)NC=CC[C@@H](O)CC=C(C)Cl)C(C)(C)C)OC1=O. The van der Waals surface area contributed by atoms with Crippen LogP contribution >= 0.6 is 11.6 Å². The Balaban J connectivity index is 2.67. The van der Waals surface area contributed by atoms with Crippen LogP contribution in [0.5, 0.6) is 0 Å². The third-order valence-corrected chi connectivity index (χ3v) is 5.92. The zero-order valence-corrected chi connectivity index (χ0v) is 24.6. The van der Waals surface area contributed by atoms with Crippen molar-refractivity contribution in [2.24, 2.45) is 11.3 Å². The van der Waals surface area contributed by atoms with Gasteiger partial charge in [-0.3, -0.25) is 9.59 Å². The van der Waals surface area contributed by atoms with Gasteiger partial charge in [0.05, 0.1) is 13.2 Å². The summed E-state index contributed by atoms with van der Waals surface area (Å²) in [6.45, 7) is 11.1. The van der Waals surface area contributed by atoms with E-state index in [-0.39, 0.29) is 23.7 Å². The van der Waals surface area contributed by atoms with Gasteiger partial charge in [-0.2, -0.15) is 0 Å². The Kier molecular flexibility index (Phi) is 14.4. The molecule has 0 radical (unpaired) electrons. The summed E-state index contributed by atoms with van der Waals surface area (Å²) < 4.78 is 10.4. The van der Waals surface area contributed by atoms with Gasteiger partial charge in [0.25, 0.3) is 5.91 Å². The van der Waals surface area contributed by atoms with Gasteiger partial charge in [0, 0.05) is 17.4 Å². The normalized spacial score (nSPS) is 18.9. The minimum Gasteiger partial charge on any atom is -0.490 e. The third kappa shape index (κ3) is 13.4. The maximum Gasteiger partial charge on any atom is 0.373 e. The number of esters is 1. The third-order valence-electron chi connectivity index (χ3n) is 5.77. The van der Waals surface area contributed by atoms with Crippen molar-refractivity contribution < 1.29 is 29.0 Å². The van der Waals surface area contributed by atoms with Crippen molar-refractivity contribution in [2.45, 2.75) is 79.1 Å². The van der Waals surface area contributed by atoms with E-state index in [2.05, 4.69) is 22.5 Å². The van der Waals surface area contributed by atoms with E-state index in [1.165, 1.54) is 13.3 Å². The van der Waals surface area contributed by atoms with E-state index < -0.39 is 29.4 Å². The molecule has 1 aliphatic rings. The Morgan fingerprint density at radius 1 is 1.31 bits per heavy atom. The summed E-state index contributed by atoms with van der Waals surface area (Å²) in [4.78, 5) is 37.0. The second kappa shape index (κ2) is 16.6. The van der Waals surface area contributed by atoms with Crippen molar-refractivity contribution in [3.05, 3.63) is 59.0 Å². The lowest BCUT2D eigenvalue weighted by atomic mass is 9.86.